The van der Waals surface area contributed by atoms with E-state index in [2.05, 4.69) is 12.1 Å². The maximum Gasteiger partial charge on any atom is 0.337 e. The summed E-state index contributed by atoms with van der Waals surface area (Å²) >= 11 is 12.7. The van der Waals surface area contributed by atoms with Crippen LogP contribution in [0.1, 0.15) is 39.2 Å². The zero-order valence-corrected chi connectivity index (χ0v) is 18.5. The van der Waals surface area contributed by atoms with Crippen LogP contribution in [-0.2, 0) is 24.1 Å². The molecule has 3 aromatic rings. The topological polar surface area (TPSA) is 48.3 Å². The van der Waals surface area contributed by atoms with Crippen molar-refractivity contribution in [2.75, 3.05) is 7.11 Å². The first-order valence-electron chi connectivity index (χ1n) is 10.0. The number of carbonyl (C=O) groups is 1. The highest BCUT2D eigenvalue weighted by Crippen LogP contribution is 2.34. The number of methoxy groups -OCH3 is 1. The fourth-order valence-corrected chi connectivity index (χ4v) is 4.45. The lowest BCUT2D eigenvalue weighted by Crippen LogP contribution is -2.24. The number of ether oxygens (including phenoxy) is 1. The first kappa shape index (κ1) is 21.4. The number of fused-ring (bicyclic) bond motifs is 1. The summed E-state index contributed by atoms with van der Waals surface area (Å²) in [5, 5.41) is 0.544. The second kappa shape index (κ2) is 9.13. The SMILES string of the molecule is COC(=O)c1ccc(CCn2c(C=C3CCc4ccccc43)c(Cl)cc(Cl)c2=O)cc1. The second-order valence-electron chi connectivity index (χ2n) is 7.45. The summed E-state index contributed by atoms with van der Waals surface area (Å²) < 4.78 is 6.36. The molecule has 0 aliphatic heterocycles. The molecule has 0 saturated heterocycles. The number of rotatable bonds is 5. The summed E-state index contributed by atoms with van der Waals surface area (Å²) in [6, 6.07) is 16.9. The van der Waals surface area contributed by atoms with Crippen LogP contribution in [0.5, 0.6) is 0 Å². The van der Waals surface area contributed by atoms with Gasteiger partial charge in [0.25, 0.3) is 5.56 Å². The summed E-state index contributed by atoms with van der Waals surface area (Å²) in [7, 11) is 1.35. The number of esters is 1. The van der Waals surface area contributed by atoms with E-state index in [0.717, 1.165) is 24.0 Å². The molecule has 4 rings (SSSR count). The molecule has 0 atom stereocenters. The molecule has 0 unspecified atom stereocenters. The van der Waals surface area contributed by atoms with Crippen LogP contribution in [0.25, 0.3) is 11.6 Å². The van der Waals surface area contributed by atoms with Crippen LogP contribution in [0.2, 0.25) is 10.0 Å². The molecule has 2 aromatic carbocycles. The van der Waals surface area contributed by atoms with Crippen LogP contribution < -0.4 is 5.56 Å². The molecule has 0 amide bonds. The molecule has 0 radical (unpaired) electrons. The molecule has 0 bridgehead atoms. The lowest BCUT2D eigenvalue weighted by atomic mass is 10.1. The third-order valence-electron chi connectivity index (χ3n) is 5.58. The van der Waals surface area contributed by atoms with E-state index in [4.69, 9.17) is 27.9 Å². The third-order valence-corrected chi connectivity index (χ3v) is 6.15. The van der Waals surface area contributed by atoms with Gasteiger partial charge in [-0.2, -0.15) is 0 Å². The Morgan fingerprint density at radius 1 is 1.06 bits per heavy atom. The molecule has 4 nitrogen and oxygen atoms in total. The Morgan fingerprint density at radius 2 is 1.81 bits per heavy atom. The molecule has 6 heteroatoms. The lowest BCUT2D eigenvalue weighted by Gasteiger charge is -2.14. The fraction of sp³-hybridized carbons (Fsp3) is 0.200. The van der Waals surface area contributed by atoms with Crippen LogP contribution in [0.3, 0.4) is 0 Å². The van der Waals surface area contributed by atoms with E-state index < -0.39 is 0 Å². The van der Waals surface area contributed by atoms with Gasteiger partial charge in [-0.25, -0.2) is 4.79 Å². The van der Waals surface area contributed by atoms with Gasteiger partial charge in [0.05, 0.1) is 23.4 Å². The molecule has 1 heterocycles. The van der Waals surface area contributed by atoms with Gasteiger partial charge in [-0.1, -0.05) is 59.6 Å². The van der Waals surface area contributed by atoms with Crippen molar-refractivity contribution < 1.29 is 9.53 Å². The Hall–Kier alpha value is -2.82. The highest BCUT2D eigenvalue weighted by molar-refractivity contribution is 6.35. The highest BCUT2D eigenvalue weighted by atomic mass is 35.5. The molecule has 0 N–H and O–H groups in total. The monoisotopic (exact) mass is 453 g/mol. The number of aryl methyl sites for hydroxylation is 2. The van der Waals surface area contributed by atoms with Crippen molar-refractivity contribution in [3.63, 3.8) is 0 Å². The summed E-state index contributed by atoms with van der Waals surface area (Å²) in [4.78, 5) is 24.5. The number of pyridine rings is 1. The Balaban J connectivity index is 1.66. The molecule has 0 spiro atoms. The first-order chi connectivity index (χ1) is 15.0. The Bertz CT molecular complexity index is 1230. The van der Waals surface area contributed by atoms with Gasteiger partial charge >= 0.3 is 5.97 Å². The highest BCUT2D eigenvalue weighted by Gasteiger charge is 2.18. The first-order valence-corrected chi connectivity index (χ1v) is 10.8. The number of nitrogens with zero attached hydrogens (tertiary/aromatic N) is 1. The minimum Gasteiger partial charge on any atom is -0.465 e. The molecule has 31 heavy (non-hydrogen) atoms. The number of allylic oxidation sites excluding steroid dienone is 1. The zero-order chi connectivity index (χ0) is 22.0. The largest absolute Gasteiger partial charge is 0.465 e. The number of carbonyl (C=O) groups excluding carboxylic acids is 1. The van der Waals surface area contributed by atoms with E-state index >= 15 is 0 Å². The van der Waals surface area contributed by atoms with Crippen molar-refractivity contribution in [1.29, 1.82) is 0 Å². The Labute approximate surface area is 190 Å². The molecule has 1 aliphatic rings. The molecule has 1 aliphatic carbocycles. The summed E-state index contributed by atoms with van der Waals surface area (Å²) in [5.74, 6) is -0.379. The minimum atomic E-state index is -0.379. The van der Waals surface area contributed by atoms with Crippen molar-refractivity contribution in [2.24, 2.45) is 0 Å². The van der Waals surface area contributed by atoms with Crippen molar-refractivity contribution in [2.45, 2.75) is 25.8 Å². The number of aromatic nitrogens is 1. The van der Waals surface area contributed by atoms with E-state index in [1.807, 2.05) is 30.3 Å². The normalized spacial score (nSPS) is 14.0. The standard InChI is InChI=1S/C25H21Cl2NO3/c1-31-25(30)18-8-6-16(7-9-18)12-13-28-23(21(26)15-22(27)24(28)29)14-19-11-10-17-4-2-3-5-20(17)19/h2-9,14-15H,10-13H2,1H3. The zero-order valence-electron chi connectivity index (χ0n) is 17.0. The van der Waals surface area contributed by atoms with E-state index in [1.165, 1.54) is 24.3 Å². The smallest absolute Gasteiger partial charge is 0.337 e. The van der Waals surface area contributed by atoms with Gasteiger partial charge < -0.3 is 9.30 Å². The molecule has 158 valence electrons. The van der Waals surface area contributed by atoms with Crippen LogP contribution in [0.15, 0.2) is 59.4 Å². The van der Waals surface area contributed by atoms with Crippen molar-refractivity contribution >= 4 is 40.8 Å². The van der Waals surface area contributed by atoms with E-state index in [-0.39, 0.29) is 16.6 Å². The van der Waals surface area contributed by atoms with Crippen molar-refractivity contribution in [1.82, 2.24) is 4.57 Å². The van der Waals surface area contributed by atoms with Gasteiger partial charge in [0.1, 0.15) is 5.02 Å². The van der Waals surface area contributed by atoms with Gasteiger partial charge in [-0.05, 0) is 65.8 Å². The molecule has 0 fully saturated rings. The average Bonchev–Trinajstić information content (AvgIpc) is 3.20. The van der Waals surface area contributed by atoms with Gasteiger partial charge in [0.2, 0.25) is 0 Å². The van der Waals surface area contributed by atoms with Gasteiger partial charge in [0.15, 0.2) is 0 Å². The third kappa shape index (κ3) is 4.46. The van der Waals surface area contributed by atoms with Crippen molar-refractivity contribution in [3.05, 3.63) is 103 Å². The number of halogens is 2. The number of benzene rings is 2. The summed E-state index contributed by atoms with van der Waals surface area (Å²) in [6.45, 7) is 0.414. The Morgan fingerprint density at radius 3 is 2.55 bits per heavy atom. The Kier molecular flexibility index (Phi) is 6.30. The maximum absolute atomic E-state index is 12.8. The lowest BCUT2D eigenvalue weighted by molar-refractivity contribution is 0.0600. The summed E-state index contributed by atoms with van der Waals surface area (Å²) in [5.41, 5.74) is 5.53. The van der Waals surface area contributed by atoms with Crippen LogP contribution in [0.4, 0.5) is 0 Å². The van der Waals surface area contributed by atoms with Crippen LogP contribution >= 0.6 is 23.2 Å². The summed E-state index contributed by atoms with van der Waals surface area (Å²) in [6.07, 6.45) is 4.47. The van der Waals surface area contributed by atoms with E-state index in [9.17, 15) is 9.59 Å². The fourth-order valence-electron chi connectivity index (χ4n) is 3.92. The quantitative estimate of drug-likeness (QED) is 0.467. The second-order valence-corrected chi connectivity index (χ2v) is 8.26. The van der Waals surface area contributed by atoms with Gasteiger partial charge in [-0.3, -0.25) is 4.79 Å². The molecule has 0 saturated carbocycles. The van der Waals surface area contributed by atoms with Gasteiger partial charge in [-0.15, -0.1) is 0 Å². The molecule has 1 aromatic heterocycles. The van der Waals surface area contributed by atoms with E-state index in [1.54, 1.807) is 16.7 Å². The van der Waals surface area contributed by atoms with E-state index in [0.29, 0.717) is 29.2 Å². The van der Waals surface area contributed by atoms with Crippen molar-refractivity contribution in [3.8, 4) is 0 Å². The maximum atomic E-state index is 12.8. The van der Waals surface area contributed by atoms with Gasteiger partial charge in [0, 0.05) is 6.54 Å². The average molecular weight is 454 g/mol. The van der Waals surface area contributed by atoms with Crippen LogP contribution in [0, 0.1) is 0 Å². The number of hydrogen-bond donors (Lipinski definition) is 0. The molecular weight excluding hydrogens is 433 g/mol. The predicted molar refractivity (Wildman–Crippen MR) is 125 cm³/mol. The predicted octanol–water partition coefficient (Wildman–Crippen LogP) is 5.67. The number of hydrogen-bond acceptors (Lipinski definition) is 3. The molecular formula is C25H21Cl2NO3. The minimum absolute atomic E-state index is 0.0972. The van der Waals surface area contributed by atoms with Crippen LogP contribution in [-0.4, -0.2) is 17.6 Å².